The number of rotatable bonds is 8. The Balaban J connectivity index is 1.61. The van der Waals surface area contributed by atoms with Gasteiger partial charge in [0.1, 0.15) is 22.6 Å². The third-order valence-electron chi connectivity index (χ3n) is 5.27. The van der Waals surface area contributed by atoms with Crippen LogP contribution < -0.4 is 15.2 Å². The number of aryl methyl sites for hydroxylation is 1. The minimum absolute atomic E-state index is 0.0547. The van der Waals surface area contributed by atoms with Crippen LogP contribution >= 0.6 is 11.3 Å². The molecule has 4 rings (SSSR count). The SMILES string of the molecule is CC[C@@H](Oc1ccc(-c2noc(=O)[nH]2)c(OCC(F)(F)F)c1)c1sc(-c2ccc(C(F)(F)F)cc2)nc1C. The highest BCUT2D eigenvalue weighted by molar-refractivity contribution is 7.15. The molecule has 2 aromatic carbocycles. The van der Waals surface area contributed by atoms with E-state index in [2.05, 4.69) is 19.6 Å². The van der Waals surface area contributed by atoms with E-state index < -0.39 is 36.4 Å². The number of hydrogen-bond acceptors (Lipinski definition) is 7. The molecule has 7 nitrogen and oxygen atoms in total. The fourth-order valence-electron chi connectivity index (χ4n) is 3.52. The molecule has 38 heavy (non-hydrogen) atoms. The minimum atomic E-state index is -4.62. The van der Waals surface area contributed by atoms with Crippen molar-refractivity contribution < 1.29 is 40.3 Å². The summed E-state index contributed by atoms with van der Waals surface area (Å²) in [6, 6.07) is 8.71. The van der Waals surface area contributed by atoms with Crippen molar-refractivity contribution in [1.29, 1.82) is 0 Å². The molecule has 0 aliphatic rings. The molecular weight excluding hydrogens is 540 g/mol. The Hall–Kier alpha value is -3.81. The van der Waals surface area contributed by atoms with Crippen molar-refractivity contribution in [3.8, 4) is 33.5 Å². The number of nitrogens with one attached hydrogen (secondary N) is 1. The van der Waals surface area contributed by atoms with Crippen LogP contribution in [0, 0.1) is 6.92 Å². The summed E-state index contributed by atoms with van der Waals surface area (Å²) in [5.41, 5.74) is 0.383. The summed E-state index contributed by atoms with van der Waals surface area (Å²) >= 11 is 1.24. The molecule has 0 bridgehead atoms. The largest absolute Gasteiger partial charge is 0.485 e. The van der Waals surface area contributed by atoms with Gasteiger partial charge in [0, 0.05) is 11.6 Å². The number of H-pyrrole nitrogens is 1. The number of thiazole rings is 1. The van der Waals surface area contributed by atoms with Crippen LogP contribution in [0.25, 0.3) is 22.0 Å². The zero-order valence-corrected chi connectivity index (χ0v) is 20.6. The molecule has 0 spiro atoms. The summed E-state index contributed by atoms with van der Waals surface area (Å²) in [7, 11) is 0. The van der Waals surface area contributed by atoms with Gasteiger partial charge in [0.15, 0.2) is 12.4 Å². The first-order valence-electron chi connectivity index (χ1n) is 11.1. The Bertz CT molecular complexity index is 1460. The molecular formula is C24H19F6N3O4S. The van der Waals surface area contributed by atoms with E-state index in [1.807, 2.05) is 6.92 Å². The number of hydrogen-bond donors (Lipinski definition) is 1. The average molecular weight is 559 g/mol. The quantitative estimate of drug-likeness (QED) is 0.235. The van der Waals surface area contributed by atoms with Crippen molar-refractivity contribution >= 4 is 11.3 Å². The maximum atomic E-state index is 12.9. The van der Waals surface area contributed by atoms with Crippen molar-refractivity contribution in [2.45, 2.75) is 38.7 Å². The van der Waals surface area contributed by atoms with E-state index in [9.17, 15) is 31.1 Å². The molecule has 14 heteroatoms. The molecule has 0 unspecified atom stereocenters. The molecule has 202 valence electrons. The van der Waals surface area contributed by atoms with Crippen LogP contribution in [0.2, 0.25) is 0 Å². The summed E-state index contributed by atoms with van der Waals surface area (Å²) in [4.78, 5) is 18.7. The summed E-state index contributed by atoms with van der Waals surface area (Å²) < 4.78 is 92.6. The maximum Gasteiger partial charge on any atom is 0.439 e. The fourth-order valence-corrected chi connectivity index (χ4v) is 4.70. The van der Waals surface area contributed by atoms with E-state index in [1.165, 1.54) is 41.7 Å². The van der Waals surface area contributed by atoms with Gasteiger partial charge in [-0.1, -0.05) is 24.2 Å². The van der Waals surface area contributed by atoms with Gasteiger partial charge in [-0.25, -0.2) is 9.78 Å². The van der Waals surface area contributed by atoms with Gasteiger partial charge in [0.25, 0.3) is 0 Å². The molecule has 4 aromatic rings. The van der Waals surface area contributed by atoms with E-state index in [-0.39, 0.29) is 22.9 Å². The topological polar surface area (TPSA) is 90.2 Å². The lowest BCUT2D eigenvalue weighted by Crippen LogP contribution is -2.19. The van der Waals surface area contributed by atoms with Crippen molar-refractivity contribution in [3.05, 3.63) is 69.1 Å². The van der Waals surface area contributed by atoms with Crippen LogP contribution in [0.1, 0.15) is 35.6 Å². The third-order valence-corrected chi connectivity index (χ3v) is 6.57. The lowest BCUT2D eigenvalue weighted by molar-refractivity contribution is -0.153. The van der Waals surface area contributed by atoms with Crippen molar-refractivity contribution in [1.82, 2.24) is 15.1 Å². The van der Waals surface area contributed by atoms with Gasteiger partial charge in [-0.3, -0.25) is 9.51 Å². The van der Waals surface area contributed by atoms with E-state index in [4.69, 9.17) is 9.47 Å². The van der Waals surface area contributed by atoms with E-state index >= 15 is 0 Å². The molecule has 2 aromatic heterocycles. The van der Waals surface area contributed by atoms with Crippen LogP contribution in [0.4, 0.5) is 26.3 Å². The van der Waals surface area contributed by atoms with Gasteiger partial charge < -0.3 is 9.47 Å². The zero-order valence-electron chi connectivity index (χ0n) is 19.7. The maximum absolute atomic E-state index is 12.9. The van der Waals surface area contributed by atoms with Crippen LogP contribution in [-0.2, 0) is 6.18 Å². The molecule has 0 saturated heterocycles. The average Bonchev–Trinajstić information content (AvgIpc) is 3.46. The Kier molecular flexibility index (Phi) is 7.54. The van der Waals surface area contributed by atoms with Crippen LogP contribution in [0.5, 0.6) is 11.5 Å². The predicted octanol–water partition coefficient (Wildman–Crippen LogP) is 6.95. The highest BCUT2D eigenvalue weighted by atomic mass is 32.1. The van der Waals surface area contributed by atoms with Crippen molar-refractivity contribution in [2.24, 2.45) is 0 Å². The van der Waals surface area contributed by atoms with Crippen LogP contribution in [0.3, 0.4) is 0 Å². The van der Waals surface area contributed by atoms with Gasteiger partial charge in [-0.2, -0.15) is 26.3 Å². The van der Waals surface area contributed by atoms with Crippen molar-refractivity contribution in [2.75, 3.05) is 6.61 Å². The van der Waals surface area contributed by atoms with Crippen LogP contribution in [-0.4, -0.2) is 27.9 Å². The first kappa shape index (κ1) is 27.2. The second-order valence-corrected chi connectivity index (χ2v) is 9.09. The monoisotopic (exact) mass is 559 g/mol. The Morgan fingerprint density at radius 3 is 2.37 bits per heavy atom. The molecule has 0 amide bonds. The highest BCUT2D eigenvalue weighted by Crippen LogP contribution is 2.39. The molecule has 0 saturated carbocycles. The number of benzene rings is 2. The molecule has 1 atom stereocenters. The van der Waals surface area contributed by atoms with Crippen molar-refractivity contribution in [3.63, 3.8) is 0 Å². The first-order chi connectivity index (χ1) is 17.8. The third kappa shape index (κ3) is 6.36. The van der Waals surface area contributed by atoms with E-state index in [0.717, 1.165) is 12.1 Å². The normalized spacial score (nSPS) is 12.9. The second-order valence-electron chi connectivity index (χ2n) is 8.06. The molecule has 0 fully saturated rings. The Labute approximate surface area is 215 Å². The number of aromatic amines is 1. The Morgan fingerprint density at radius 1 is 1.08 bits per heavy atom. The summed E-state index contributed by atoms with van der Waals surface area (Å²) in [6.07, 6.45) is -9.19. The number of ether oxygens (including phenoxy) is 2. The summed E-state index contributed by atoms with van der Waals surface area (Å²) in [5.74, 6) is -1.08. The van der Waals surface area contributed by atoms with Gasteiger partial charge >= 0.3 is 18.1 Å². The minimum Gasteiger partial charge on any atom is -0.485 e. The molecule has 0 aliphatic heterocycles. The van der Waals surface area contributed by atoms with Gasteiger partial charge in [0.05, 0.1) is 21.7 Å². The first-order valence-corrected chi connectivity index (χ1v) is 11.9. The molecule has 0 radical (unpaired) electrons. The second kappa shape index (κ2) is 10.5. The standard InChI is InChI=1S/C24H19F6N3O4S/c1-3-17(19-12(2)31-21(38-19)13-4-6-14(7-5-13)24(28,29)30)36-15-8-9-16(20-32-22(34)37-33-20)18(10-15)35-11-23(25,26)27/h4-10,17H,3,11H2,1-2H3,(H,32,33,34)/t17-/m1/s1. The lowest BCUT2D eigenvalue weighted by Gasteiger charge is -2.19. The number of nitrogens with zero attached hydrogens (tertiary/aromatic N) is 2. The van der Waals surface area contributed by atoms with E-state index in [1.54, 1.807) is 6.92 Å². The fraction of sp³-hybridized carbons (Fsp3) is 0.292. The number of alkyl halides is 6. The Morgan fingerprint density at radius 2 is 1.79 bits per heavy atom. The summed E-state index contributed by atoms with van der Waals surface area (Å²) in [5, 5.41) is 3.99. The van der Waals surface area contributed by atoms with E-state index in [0.29, 0.717) is 27.6 Å². The van der Waals surface area contributed by atoms with Gasteiger partial charge in [0.2, 0.25) is 0 Å². The number of halogens is 6. The van der Waals surface area contributed by atoms with Gasteiger partial charge in [-0.15, -0.1) is 11.3 Å². The molecule has 2 heterocycles. The lowest BCUT2D eigenvalue weighted by atomic mass is 10.1. The molecule has 0 aliphatic carbocycles. The summed E-state index contributed by atoms with van der Waals surface area (Å²) in [6.45, 7) is 1.97. The smallest absolute Gasteiger partial charge is 0.439 e. The predicted molar refractivity (Wildman–Crippen MR) is 125 cm³/mol. The zero-order chi connectivity index (χ0) is 27.7. The molecule has 1 N–H and O–H groups in total. The van der Waals surface area contributed by atoms with Crippen LogP contribution in [0.15, 0.2) is 51.8 Å². The highest BCUT2D eigenvalue weighted by Gasteiger charge is 2.31. The van der Waals surface area contributed by atoms with Gasteiger partial charge in [-0.05, 0) is 37.6 Å². The number of aromatic nitrogens is 3.